The van der Waals surface area contributed by atoms with Crippen LogP contribution >= 0.6 is 0 Å². The minimum Gasteiger partial charge on any atom is -0.396 e. The molecule has 1 aromatic carbocycles. The maximum atomic E-state index is 13.2. The maximum absolute atomic E-state index is 13.2. The molecule has 0 spiro atoms. The third-order valence-corrected chi connectivity index (χ3v) is 3.45. The molecule has 0 amide bonds. The normalized spacial score (nSPS) is 10.6. The van der Waals surface area contributed by atoms with E-state index < -0.39 is 0 Å². The van der Waals surface area contributed by atoms with Gasteiger partial charge in [0.2, 0.25) is 0 Å². The molecular formula is C18H17FN4O. The topological polar surface area (TPSA) is 70.9 Å². The molecular weight excluding hydrogens is 307 g/mol. The van der Waals surface area contributed by atoms with Gasteiger partial charge < -0.3 is 10.4 Å². The molecule has 0 saturated heterocycles. The highest BCUT2D eigenvalue weighted by molar-refractivity contribution is 5.67. The average molecular weight is 324 g/mol. The number of hydrogen-bond acceptors (Lipinski definition) is 5. The maximum Gasteiger partial charge on any atom is 0.162 e. The molecule has 0 saturated carbocycles. The first kappa shape index (κ1) is 16.0. The molecule has 6 heteroatoms. The molecule has 0 aliphatic carbocycles. The Morgan fingerprint density at radius 3 is 2.42 bits per heavy atom. The summed E-state index contributed by atoms with van der Waals surface area (Å²) < 4.78 is 13.2. The molecule has 24 heavy (non-hydrogen) atoms. The van der Waals surface area contributed by atoms with Crippen LogP contribution in [0.1, 0.15) is 6.42 Å². The molecule has 0 aliphatic rings. The molecule has 0 bridgehead atoms. The number of aliphatic hydroxyl groups is 1. The van der Waals surface area contributed by atoms with Crippen molar-refractivity contribution in [3.63, 3.8) is 0 Å². The van der Waals surface area contributed by atoms with Crippen LogP contribution < -0.4 is 5.32 Å². The van der Waals surface area contributed by atoms with E-state index in [-0.39, 0.29) is 12.4 Å². The number of hydrogen-bond donors (Lipinski definition) is 2. The van der Waals surface area contributed by atoms with E-state index in [0.717, 1.165) is 11.1 Å². The molecule has 122 valence electrons. The highest BCUT2D eigenvalue weighted by Gasteiger charge is 2.09. The minimum atomic E-state index is -0.288. The van der Waals surface area contributed by atoms with Crippen molar-refractivity contribution < 1.29 is 9.50 Å². The molecule has 2 aromatic heterocycles. The zero-order valence-electron chi connectivity index (χ0n) is 13.0. The molecule has 0 fully saturated rings. The lowest BCUT2D eigenvalue weighted by molar-refractivity contribution is 0.292. The monoisotopic (exact) mass is 324 g/mol. The molecule has 0 radical (unpaired) electrons. The largest absolute Gasteiger partial charge is 0.396 e. The van der Waals surface area contributed by atoms with E-state index in [1.807, 2.05) is 18.2 Å². The first-order valence-electron chi connectivity index (χ1n) is 7.66. The van der Waals surface area contributed by atoms with E-state index in [4.69, 9.17) is 5.11 Å². The van der Waals surface area contributed by atoms with Crippen molar-refractivity contribution in [2.24, 2.45) is 0 Å². The van der Waals surface area contributed by atoms with Crippen LogP contribution in [-0.2, 0) is 0 Å². The predicted octanol–water partition coefficient (Wildman–Crippen LogP) is 3.14. The van der Waals surface area contributed by atoms with Gasteiger partial charge in [-0.1, -0.05) is 0 Å². The van der Waals surface area contributed by atoms with Gasteiger partial charge >= 0.3 is 0 Å². The van der Waals surface area contributed by atoms with E-state index in [1.54, 1.807) is 24.5 Å². The Hall–Kier alpha value is -2.86. The number of nitrogens with one attached hydrogen (secondary N) is 1. The van der Waals surface area contributed by atoms with E-state index in [1.165, 1.54) is 12.1 Å². The molecule has 5 nitrogen and oxygen atoms in total. The third-order valence-electron chi connectivity index (χ3n) is 3.45. The molecule has 3 rings (SSSR count). The van der Waals surface area contributed by atoms with Gasteiger partial charge in [-0.25, -0.2) is 14.4 Å². The highest BCUT2D eigenvalue weighted by Crippen LogP contribution is 2.24. The SMILES string of the molecule is OCCCNc1cc(-c2ccc(F)cc2)nc(-c2ccncc2)n1. The summed E-state index contributed by atoms with van der Waals surface area (Å²) in [7, 11) is 0. The van der Waals surface area contributed by atoms with Gasteiger partial charge in [0.15, 0.2) is 5.82 Å². The molecule has 3 aromatic rings. The van der Waals surface area contributed by atoms with Gasteiger partial charge in [-0.15, -0.1) is 0 Å². The standard InChI is InChI=1S/C18H17FN4O/c19-15-4-2-13(3-5-15)16-12-17(21-8-1-11-24)23-18(22-16)14-6-9-20-10-7-14/h2-7,9-10,12,24H,1,8,11H2,(H,21,22,23). The summed E-state index contributed by atoms with van der Waals surface area (Å²) in [6, 6.07) is 11.7. The smallest absolute Gasteiger partial charge is 0.162 e. The summed E-state index contributed by atoms with van der Waals surface area (Å²) in [5.74, 6) is 0.929. The summed E-state index contributed by atoms with van der Waals surface area (Å²) in [5, 5.41) is 12.1. The molecule has 0 atom stereocenters. The Balaban J connectivity index is 2.00. The van der Waals surface area contributed by atoms with Crippen LogP contribution in [-0.4, -0.2) is 33.2 Å². The van der Waals surface area contributed by atoms with Gasteiger partial charge in [-0.3, -0.25) is 4.98 Å². The lowest BCUT2D eigenvalue weighted by atomic mass is 10.1. The van der Waals surface area contributed by atoms with Gasteiger partial charge in [0, 0.05) is 42.7 Å². The van der Waals surface area contributed by atoms with Crippen molar-refractivity contribution in [3.05, 3.63) is 60.7 Å². The summed E-state index contributed by atoms with van der Waals surface area (Å²) >= 11 is 0. The van der Waals surface area contributed by atoms with Crippen molar-refractivity contribution in [2.75, 3.05) is 18.5 Å². The second-order valence-corrected chi connectivity index (χ2v) is 5.21. The Bertz CT molecular complexity index is 794. The zero-order valence-corrected chi connectivity index (χ0v) is 13.0. The van der Waals surface area contributed by atoms with E-state index in [9.17, 15) is 4.39 Å². The summed E-state index contributed by atoms with van der Waals surface area (Å²) in [4.78, 5) is 13.1. The van der Waals surface area contributed by atoms with E-state index in [0.29, 0.717) is 30.3 Å². The van der Waals surface area contributed by atoms with Crippen LogP contribution in [0.5, 0.6) is 0 Å². The number of rotatable bonds is 6. The Labute approximate surface area is 139 Å². The molecule has 2 N–H and O–H groups in total. The van der Waals surface area contributed by atoms with Crippen LogP contribution in [0.4, 0.5) is 10.2 Å². The van der Waals surface area contributed by atoms with Crippen molar-refractivity contribution in [2.45, 2.75) is 6.42 Å². The van der Waals surface area contributed by atoms with Gasteiger partial charge in [-0.05, 0) is 42.8 Å². The van der Waals surface area contributed by atoms with Gasteiger partial charge in [-0.2, -0.15) is 0 Å². The fourth-order valence-electron chi connectivity index (χ4n) is 2.23. The van der Waals surface area contributed by atoms with Crippen LogP contribution in [0.25, 0.3) is 22.6 Å². The van der Waals surface area contributed by atoms with Crippen LogP contribution in [0.15, 0.2) is 54.9 Å². The number of aliphatic hydroxyl groups excluding tert-OH is 1. The fourth-order valence-corrected chi connectivity index (χ4v) is 2.23. The van der Waals surface area contributed by atoms with Crippen molar-refractivity contribution >= 4 is 5.82 Å². The highest BCUT2D eigenvalue weighted by atomic mass is 19.1. The zero-order chi connectivity index (χ0) is 16.8. The lowest BCUT2D eigenvalue weighted by Gasteiger charge is -2.10. The number of benzene rings is 1. The van der Waals surface area contributed by atoms with Gasteiger partial charge in [0.25, 0.3) is 0 Å². The van der Waals surface area contributed by atoms with Crippen LogP contribution in [0.3, 0.4) is 0 Å². The lowest BCUT2D eigenvalue weighted by Crippen LogP contribution is -2.06. The van der Waals surface area contributed by atoms with E-state index in [2.05, 4.69) is 20.3 Å². The van der Waals surface area contributed by atoms with E-state index >= 15 is 0 Å². The van der Waals surface area contributed by atoms with Crippen LogP contribution in [0, 0.1) is 5.82 Å². The second-order valence-electron chi connectivity index (χ2n) is 5.21. The predicted molar refractivity (Wildman–Crippen MR) is 90.8 cm³/mol. The van der Waals surface area contributed by atoms with Crippen molar-refractivity contribution in [1.29, 1.82) is 0 Å². The number of aromatic nitrogens is 3. The third kappa shape index (κ3) is 3.91. The first-order valence-corrected chi connectivity index (χ1v) is 7.66. The Kier molecular flexibility index (Phi) is 5.08. The first-order chi connectivity index (χ1) is 11.8. The Morgan fingerprint density at radius 1 is 0.958 bits per heavy atom. The summed E-state index contributed by atoms with van der Waals surface area (Å²) in [5.41, 5.74) is 2.35. The quantitative estimate of drug-likeness (QED) is 0.682. The molecule has 0 aliphatic heterocycles. The number of nitrogens with zero attached hydrogens (tertiary/aromatic N) is 3. The average Bonchev–Trinajstić information content (AvgIpc) is 2.63. The fraction of sp³-hybridized carbons (Fsp3) is 0.167. The summed E-state index contributed by atoms with van der Waals surface area (Å²) in [6.45, 7) is 0.715. The number of anilines is 1. The van der Waals surface area contributed by atoms with Gasteiger partial charge in [0.05, 0.1) is 5.69 Å². The van der Waals surface area contributed by atoms with Crippen LogP contribution in [0.2, 0.25) is 0 Å². The molecule has 2 heterocycles. The molecule has 0 unspecified atom stereocenters. The Morgan fingerprint density at radius 2 is 1.71 bits per heavy atom. The number of halogens is 1. The second kappa shape index (κ2) is 7.61. The van der Waals surface area contributed by atoms with Gasteiger partial charge in [0.1, 0.15) is 11.6 Å². The van der Waals surface area contributed by atoms with Crippen molar-refractivity contribution in [3.8, 4) is 22.6 Å². The number of pyridine rings is 1. The minimum absolute atomic E-state index is 0.111. The van der Waals surface area contributed by atoms with Crippen molar-refractivity contribution in [1.82, 2.24) is 15.0 Å². The summed E-state index contributed by atoms with van der Waals surface area (Å²) in [6.07, 6.45) is 3.99.